The van der Waals surface area contributed by atoms with Gasteiger partial charge in [0, 0.05) is 24.0 Å². The summed E-state index contributed by atoms with van der Waals surface area (Å²) in [7, 11) is 0. The van der Waals surface area contributed by atoms with Gasteiger partial charge in [0.15, 0.2) is 5.82 Å². The lowest BCUT2D eigenvalue weighted by atomic mass is 9.96. The van der Waals surface area contributed by atoms with Crippen molar-refractivity contribution in [3.8, 4) is 34.0 Å². The molecule has 1 N–H and O–H groups in total. The Kier molecular flexibility index (Phi) is 8.24. The highest BCUT2D eigenvalue weighted by atomic mass is 16.5. The maximum atomic E-state index is 14.1. The molecule has 0 unspecified atom stereocenters. The summed E-state index contributed by atoms with van der Waals surface area (Å²) >= 11 is 0. The molecule has 0 saturated carbocycles. The van der Waals surface area contributed by atoms with Crippen LogP contribution in [0.5, 0.6) is 5.75 Å². The predicted octanol–water partition coefficient (Wildman–Crippen LogP) is 6.53. The molecule has 0 fully saturated rings. The number of aromatic amines is 1. The van der Waals surface area contributed by atoms with E-state index in [9.17, 15) is 9.59 Å². The van der Waals surface area contributed by atoms with Crippen LogP contribution in [0.25, 0.3) is 28.2 Å². The normalized spacial score (nSPS) is 11.5. The highest BCUT2D eigenvalue weighted by Crippen LogP contribution is 2.30. The number of nitrogens with one attached hydrogen (secondary N) is 1. The Morgan fingerprint density at radius 3 is 2.19 bits per heavy atom. The largest absolute Gasteiger partial charge is 0.488 e. The number of nitrogens with zero attached hydrogens (tertiary/aromatic N) is 3. The van der Waals surface area contributed by atoms with Crippen molar-refractivity contribution in [3.05, 3.63) is 116 Å². The minimum atomic E-state index is -0.597. The van der Waals surface area contributed by atoms with Crippen LogP contribution in [0.1, 0.15) is 63.7 Å². The smallest absolute Gasteiger partial charge is 0.439 e. The first-order valence-corrected chi connectivity index (χ1v) is 14.3. The zero-order valence-electron chi connectivity index (χ0n) is 24.7. The summed E-state index contributed by atoms with van der Waals surface area (Å²) in [5.41, 5.74) is 5.62. The molecule has 0 atom stereocenters. The summed E-state index contributed by atoms with van der Waals surface area (Å²) in [5, 5.41) is 3.86. The number of aromatic nitrogens is 4. The number of benzene rings is 3. The maximum absolute atomic E-state index is 14.1. The molecule has 0 radical (unpaired) electrons. The second kappa shape index (κ2) is 12.0. The van der Waals surface area contributed by atoms with Crippen molar-refractivity contribution in [1.82, 2.24) is 19.7 Å². The molecular formula is C34H36N4O4. The standard InChI is InChI=1S/C34H36N4O4/c1-6-10-29-28(32(39)38(30(7-2)35-29)24-17-19-25(20-18-24)41-34(3,4)5)21-22-13-15-23(16-14-22)26-11-8-9-12-27(26)31-36-33(40)42-37-31/h8-9,11-20H,6-7,10,21H2,1-5H3,(H,36,37,40). The Morgan fingerprint density at radius 2 is 1.60 bits per heavy atom. The van der Waals surface area contributed by atoms with Gasteiger partial charge in [0.05, 0.1) is 11.4 Å². The second-order valence-corrected chi connectivity index (χ2v) is 11.3. The molecule has 8 nitrogen and oxygen atoms in total. The van der Waals surface area contributed by atoms with Crippen molar-refractivity contribution in [2.45, 2.75) is 65.9 Å². The highest BCUT2D eigenvalue weighted by molar-refractivity contribution is 5.80. The molecule has 42 heavy (non-hydrogen) atoms. The van der Waals surface area contributed by atoms with Gasteiger partial charge in [-0.05, 0) is 68.1 Å². The van der Waals surface area contributed by atoms with E-state index in [-0.39, 0.29) is 11.2 Å². The van der Waals surface area contributed by atoms with Gasteiger partial charge in [0.2, 0.25) is 0 Å². The lowest BCUT2D eigenvalue weighted by Gasteiger charge is -2.22. The summed E-state index contributed by atoms with van der Waals surface area (Å²) in [4.78, 5) is 33.3. The zero-order chi connectivity index (χ0) is 29.9. The van der Waals surface area contributed by atoms with E-state index in [1.165, 1.54) is 0 Å². The van der Waals surface area contributed by atoms with E-state index in [0.717, 1.165) is 58.1 Å². The minimum absolute atomic E-state index is 0.0424. The Morgan fingerprint density at radius 1 is 0.905 bits per heavy atom. The molecule has 5 aromatic rings. The van der Waals surface area contributed by atoms with Crippen molar-refractivity contribution in [3.63, 3.8) is 0 Å². The Balaban J connectivity index is 1.50. The quantitative estimate of drug-likeness (QED) is 0.218. The van der Waals surface area contributed by atoms with E-state index in [1.807, 2.05) is 100 Å². The number of H-pyrrole nitrogens is 1. The van der Waals surface area contributed by atoms with E-state index in [4.69, 9.17) is 14.2 Å². The first-order valence-electron chi connectivity index (χ1n) is 14.3. The van der Waals surface area contributed by atoms with Crippen LogP contribution in [0.2, 0.25) is 0 Å². The maximum Gasteiger partial charge on any atom is 0.439 e. The molecule has 0 bridgehead atoms. The van der Waals surface area contributed by atoms with Gasteiger partial charge in [-0.2, -0.15) is 0 Å². The van der Waals surface area contributed by atoms with Crippen LogP contribution in [0.15, 0.2) is 86.9 Å². The van der Waals surface area contributed by atoms with Gasteiger partial charge in [0.25, 0.3) is 5.56 Å². The van der Waals surface area contributed by atoms with Crippen LogP contribution in [0.4, 0.5) is 0 Å². The molecule has 2 aromatic heterocycles. The molecule has 0 saturated heterocycles. The lowest BCUT2D eigenvalue weighted by molar-refractivity contribution is 0.131. The Hall–Kier alpha value is -4.72. The topological polar surface area (TPSA) is 103 Å². The van der Waals surface area contributed by atoms with Gasteiger partial charge in [-0.3, -0.25) is 18.9 Å². The molecule has 0 aliphatic heterocycles. The number of ether oxygens (including phenoxy) is 1. The van der Waals surface area contributed by atoms with Crippen LogP contribution in [0, 0.1) is 0 Å². The van der Waals surface area contributed by atoms with E-state index in [2.05, 4.69) is 17.1 Å². The van der Waals surface area contributed by atoms with E-state index >= 15 is 0 Å². The van der Waals surface area contributed by atoms with Crippen LogP contribution in [0.3, 0.4) is 0 Å². The molecule has 3 aromatic carbocycles. The molecule has 5 rings (SSSR count). The lowest BCUT2D eigenvalue weighted by Crippen LogP contribution is -2.29. The monoisotopic (exact) mass is 564 g/mol. The molecule has 0 aliphatic rings. The molecule has 0 aliphatic carbocycles. The second-order valence-electron chi connectivity index (χ2n) is 11.3. The van der Waals surface area contributed by atoms with Crippen molar-refractivity contribution < 1.29 is 9.26 Å². The van der Waals surface area contributed by atoms with Crippen LogP contribution in [-0.4, -0.2) is 25.3 Å². The summed E-state index contributed by atoms with van der Waals surface area (Å²) in [6.45, 7) is 10.1. The predicted molar refractivity (Wildman–Crippen MR) is 164 cm³/mol. The van der Waals surface area contributed by atoms with Gasteiger partial charge in [-0.15, -0.1) is 0 Å². The third-order valence-electron chi connectivity index (χ3n) is 6.92. The number of hydrogen-bond acceptors (Lipinski definition) is 6. The fourth-order valence-corrected chi connectivity index (χ4v) is 5.08. The average molecular weight is 565 g/mol. The van der Waals surface area contributed by atoms with E-state index < -0.39 is 5.76 Å². The molecular weight excluding hydrogens is 528 g/mol. The van der Waals surface area contributed by atoms with Gasteiger partial charge >= 0.3 is 5.76 Å². The number of aryl methyl sites for hydroxylation is 2. The summed E-state index contributed by atoms with van der Waals surface area (Å²) in [6, 6.07) is 23.4. The third kappa shape index (κ3) is 6.28. The summed E-state index contributed by atoms with van der Waals surface area (Å²) < 4.78 is 12.4. The van der Waals surface area contributed by atoms with Crippen LogP contribution in [-0.2, 0) is 19.3 Å². The zero-order valence-corrected chi connectivity index (χ0v) is 24.7. The number of rotatable bonds is 9. The molecule has 2 heterocycles. The summed E-state index contributed by atoms with van der Waals surface area (Å²) in [6.07, 6.45) is 2.73. The SMILES string of the molecule is CCCc1nc(CC)n(-c2ccc(OC(C)(C)C)cc2)c(=O)c1Cc1ccc(-c2ccccc2-c2noc(=O)[nH]2)cc1. The Labute approximate surface area is 245 Å². The molecule has 0 amide bonds. The molecule has 8 heteroatoms. The first-order chi connectivity index (χ1) is 20.2. The van der Waals surface area contributed by atoms with Gasteiger partial charge in [-0.1, -0.05) is 74.0 Å². The van der Waals surface area contributed by atoms with E-state index in [0.29, 0.717) is 24.2 Å². The summed E-state index contributed by atoms with van der Waals surface area (Å²) in [5.74, 6) is 1.28. The van der Waals surface area contributed by atoms with E-state index in [1.54, 1.807) is 4.57 Å². The Bertz CT molecular complexity index is 1790. The van der Waals surface area contributed by atoms with Crippen molar-refractivity contribution >= 4 is 0 Å². The van der Waals surface area contributed by atoms with Crippen molar-refractivity contribution in [2.24, 2.45) is 0 Å². The first kappa shape index (κ1) is 28.8. The van der Waals surface area contributed by atoms with Gasteiger partial charge in [-0.25, -0.2) is 9.78 Å². The molecule has 216 valence electrons. The van der Waals surface area contributed by atoms with Crippen LogP contribution < -0.4 is 16.1 Å². The van der Waals surface area contributed by atoms with Crippen molar-refractivity contribution in [1.29, 1.82) is 0 Å². The average Bonchev–Trinajstić information content (AvgIpc) is 3.41. The molecule has 0 spiro atoms. The number of hydrogen-bond donors (Lipinski definition) is 1. The van der Waals surface area contributed by atoms with Gasteiger partial charge in [0.1, 0.15) is 17.2 Å². The third-order valence-corrected chi connectivity index (χ3v) is 6.92. The highest BCUT2D eigenvalue weighted by Gasteiger charge is 2.19. The fraction of sp³-hybridized carbons (Fsp3) is 0.294. The fourth-order valence-electron chi connectivity index (χ4n) is 5.08. The van der Waals surface area contributed by atoms with Gasteiger partial charge < -0.3 is 4.74 Å². The van der Waals surface area contributed by atoms with Crippen molar-refractivity contribution in [2.75, 3.05) is 0 Å². The van der Waals surface area contributed by atoms with Crippen LogP contribution >= 0.6 is 0 Å². The minimum Gasteiger partial charge on any atom is -0.488 e.